The van der Waals surface area contributed by atoms with Crippen molar-refractivity contribution >= 4 is 11.6 Å². The summed E-state index contributed by atoms with van der Waals surface area (Å²) in [6, 6.07) is 13.7. The first kappa shape index (κ1) is 16.8. The van der Waals surface area contributed by atoms with Crippen molar-refractivity contribution in [1.29, 1.82) is 0 Å². The molecule has 1 amide bonds. The van der Waals surface area contributed by atoms with E-state index >= 15 is 0 Å². The van der Waals surface area contributed by atoms with Crippen molar-refractivity contribution in [3.8, 4) is 5.75 Å². The van der Waals surface area contributed by atoms with Crippen molar-refractivity contribution in [2.75, 3.05) is 18.6 Å². The van der Waals surface area contributed by atoms with Crippen molar-refractivity contribution < 1.29 is 18.7 Å². The summed E-state index contributed by atoms with van der Waals surface area (Å²) in [5.41, 5.74) is 1.82. The molecule has 1 spiro atoms. The summed E-state index contributed by atoms with van der Waals surface area (Å²) in [4.78, 5) is 14.7. The van der Waals surface area contributed by atoms with Crippen LogP contribution in [0.3, 0.4) is 0 Å². The van der Waals surface area contributed by atoms with E-state index in [1.807, 2.05) is 37.3 Å². The number of halogens is 1. The van der Waals surface area contributed by atoms with E-state index in [4.69, 9.17) is 9.47 Å². The van der Waals surface area contributed by atoms with E-state index < -0.39 is 11.7 Å². The monoisotopic (exact) mass is 353 g/mol. The summed E-state index contributed by atoms with van der Waals surface area (Å²) < 4.78 is 25.3. The van der Waals surface area contributed by atoms with Crippen LogP contribution in [0.25, 0.3) is 0 Å². The predicted octanol–water partition coefficient (Wildman–Crippen LogP) is 3.81. The maximum Gasteiger partial charge on any atom is 0.264 e. The molecule has 0 unspecified atom stereocenters. The van der Waals surface area contributed by atoms with Gasteiger partial charge in [0.2, 0.25) is 0 Å². The molecule has 4 nitrogen and oxygen atoms in total. The first-order valence-corrected chi connectivity index (χ1v) is 8.61. The molecule has 134 valence electrons. The average Bonchev–Trinajstić information content (AvgIpc) is 2.82. The highest BCUT2D eigenvalue weighted by molar-refractivity contribution is 6.07. The summed E-state index contributed by atoms with van der Waals surface area (Å²) in [5.74, 6) is 0.0215. The Morgan fingerprint density at radius 3 is 2.88 bits per heavy atom. The Balaban J connectivity index is 1.61. The van der Waals surface area contributed by atoms with Crippen LogP contribution in [0, 0.1) is 5.82 Å². The van der Waals surface area contributed by atoms with Crippen LogP contribution in [-0.2, 0) is 15.1 Å². The second kappa shape index (κ2) is 6.25. The second-order valence-electron chi connectivity index (χ2n) is 6.82. The van der Waals surface area contributed by atoms with Gasteiger partial charge in [0.15, 0.2) is 5.60 Å². The molecule has 0 bridgehead atoms. The van der Waals surface area contributed by atoms with Crippen LogP contribution in [-0.4, -0.2) is 25.7 Å². The summed E-state index contributed by atoms with van der Waals surface area (Å²) in [6.07, 6.45) is 2.10. The molecule has 0 saturated heterocycles. The highest BCUT2D eigenvalue weighted by Gasteiger charge is 2.53. The summed E-state index contributed by atoms with van der Waals surface area (Å²) in [5, 5.41) is 0. The fourth-order valence-electron chi connectivity index (χ4n) is 3.81. The molecule has 2 aromatic rings. The van der Waals surface area contributed by atoms with Gasteiger partial charge in [-0.15, -0.1) is 0 Å². The Morgan fingerprint density at radius 2 is 2.08 bits per heavy atom. The normalized spacial score (nSPS) is 24.6. The van der Waals surface area contributed by atoms with Crippen molar-refractivity contribution in [2.24, 2.45) is 0 Å². The number of ether oxygens (including phenoxy) is 2. The Bertz CT molecular complexity index is 894. The van der Waals surface area contributed by atoms with Gasteiger partial charge in [0.25, 0.3) is 5.91 Å². The molecule has 2 aliphatic heterocycles. The van der Waals surface area contributed by atoms with E-state index in [1.54, 1.807) is 24.1 Å². The molecule has 0 N–H and O–H groups in total. The molecule has 0 fully saturated rings. The van der Waals surface area contributed by atoms with Gasteiger partial charge in [0, 0.05) is 25.1 Å². The third kappa shape index (κ3) is 2.69. The zero-order chi connectivity index (χ0) is 18.3. The maximum absolute atomic E-state index is 13.3. The standard InChI is InChI=1S/C21H20FNO3/c1-14-10-17(13-25-16-7-5-6-15(22)11-16)26-21(12-14)18-8-3-4-9-19(18)23(2)20(21)24/h3-11,17H,12-13H2,1-2H3/t17-,21+/m1/s1. The van der Waals surface area contributed by atoms with Gasteiger partial charge in [-0.25, -0.2) is 4.39 Å². The molecular weight excluding hydrogens is 333 g/mol. The zero-order valence-electron chi connectivity index (χ0n) is 14.7. The number of para-hydroxylation sites is 1. The van der Waals surface area contributed by atoms with Gasteiger partial charge in [-0.1, -0.05) is 35.9 Å². The molecule has 2 atom stereocenters. The van der Waals surface area contributed by atoms with E-state index in [0.29, 0.717) is 12.2 Å². The Labute approximate surface area is 151 Å². The minimum atomic E-state index is -1.01. The molecule has 4 rings (SSSR count). The Hall–Kier alpha value is -2.66. The smallest absolute Gasteiger partial charge is 0.264 e. The molecule has 5 heteroatoms. The lowest BCUT2D eigenvalue weighted by Crippen LogP contribution is -2.46. The number of likely N-dealkylation sites (N-methyl/N-ethyl adjacent to an activating group) is 1. The number of anilines is 1. The number of amides is 1. The van der Waals surface area contributed by atoms with E-state index in [-0.39, 0.29) is 18.3 Å². The van der Waals surface area contributed by atoms with Gasteiger partial charge >= 0.3 is 0 Å². The van der Waals surface area contributed by atoms with Crippen LogP contribution in [0.4, 0.5) is 10.1 Å². The van der Waals surface area contributed by atoms with Crippen LogP contribution >= 0.6 is 0 Å². The minimum absolute atomic E-state index is 0.0677. The maximum atomic E-state index is 13.3. The number of benzene rings is 2. The number of nitrogens with zero attached hydrogens (tertiary/aromatic N) is 1. The molecule has 0 radical (unpaired) electrons. The summed E-state index contributed by atoms with van der Waals surface area (Å²) in [7, 11) is 1.77. The lowest BCUT2D eigenvalue weighted by Gasteiger charge is -2.36. The SMILES string of the molecule is CC1=C[C@H](COc2cccc(F)c2)O[C@]2(C1)C(=O)N(C)c1ccccc12. The largest absolute Gasteiger partial charge is 0.490 e. The number of rotatable bonds is 3. The number of carbonyl (C=O) groups excluding carboxylic acids is 1. The van der Waals surface area contributed by atoms with Gasteiger partial charge in [0.1, 0.15) is 24.3 Å². The van der Waals surface area contributed by atoms with Crippen LogP contribution in [0.1, 0.15) is 18.9 Å². The Morgan fingerprint density at radius 1 is 1.27 bits per heavy atom. The topological polar surface area (TPSA) is 38.8 Å². The molecule has 0 aliphatic carbocycles. The molecule has 2 heterocycles. The van der Waals surface area contributed by atoms with Crippen LogP contribution in [0.15, 0.2) is 60.2 Å². The number of fused-ring (bicyclic) bond motifs is 2. The van der Waals surface area contributed by atoms with E-state index in [0.717, 1.165) is 16.8 Å². The predicted molar refractivity (Wildman–Crippen MR) is 96.7 cm³/mol. The molecule has 0 saturated carbocycles. The lowest BCUT2D eigenvalue weighted by atomic mass is 9.85. The second-order valence-corrected chi connectivity index (χ2v) is 6.82. The Kier molecular flexibility index (Phi) is 4.04. The van der Waals surface area contributed by atoms with Crippen LogP contribution in [0.5, 0.6) is 5.75 Å². The highest BCUT2D eigenvalue weighted by atomic mass is 19.1. The average molecular weight is 353 g/mol. The van der Waals surface area contributed by atoms with E-state index in [2.05, 4.69) is 0 Å². The van der Waals surface area contributed by atoms with Gasteiger partial charge in [-0.05, 0) is 25.1 Å². The first-order valence-electron chi connectivity index (χ1n) is 8.61. The number of hydrogen-bond acceptors (Lipinski definition) is 3. The molecule has 0 aromatic heterocycles. The molecular formula is C21H20FNO3. The van der Waals surface area contributed by atoms with Gasteiger partial charge in [0.05, 0.1) is 5.69 Å². The zero-order valence-corrected chi connectivity index (χ0v) is 14.7. The quantitative estimate of drug-likeness (QED) is 0.788. The fourth-order valence-corrected chi connectivity index (χ4v) is 3.81. The van der Waals surface area contributed by atoms with Crippen molar-refractivity contribution in [1.82, 2.24) is 0 Å². The minimum Gasteiger partial charge on any atom is -0.490 e. The highest BCUT2D eigenvalue weighted by Crippen LogP contribution is 2.48. The fraction of sp³-hybridized carbons (Fsp3) is 0.286. The van der Waals surface area contributed by atoms with Crippen molar-refractivity contribution in [3.63, 3.8) is 0 Å². The lowest BCUT2D eigenvalue weighted by molar-refractivity contribution is -0.153. The molecule has 2 aromatic carbocycles. The van der Waals surface area contributed by atoms with Gasteiger partial charge in [-0.3, -0.25) is 4.79 Å². The van der Waals surface area contributed by atoms with E-state index in [9.17, 15) is 9.18 Å². The van der Waals surface area contributed by atoms with Gasteiger partial charge < -0.3 is 14.4 Å². The third-order valence-electron chi connectivity index (χ3n) is 4.91. The van der Waals surface area contributed by atoms with Gasteiger partial charge in [-0.2, -0.15) is 0 Å². The number of hydrogen-bond donors (Lipinski definition) is 0. The molecule has 26 heavy (non-hydrogen) atoms. The van der Waals surface area contributed by atoms with E-state index in [1.165, 1.54) is 12.1 Å². The number of carbonyl (C=O) groups is 1. The van der Waals surface area contributed by atoms with Crippen LogP contribution in [0.2, 0.25) is 0 Å². The third-order valence-corrected chi connectivity index (χ3v) is 4.91. The summed E-state index contributed by atoms with van der Waals surface area (Å²) in [6.45, 7) is 2.20. The summed E-state index contributed by atoms with van der Waals surface area (Å²) >= 11 is 0. The first-order chi connectivity index (χ1) is 12.5. The van der Waals surface area contributed by atoms with Crippen molar-refractivity contribution in [2.45, 2.75) is 25.0 Å². The molecule has 2 aliphatic rings. The van der Waals surface area contributed by atoms with Crippen LogP contribution < -0.4 is 9.64 Å². The van der Waals surface area contributed by atoms with Crippen molar-refractivity contribution in [3.05, 3.63) is 71.6 Å².